The van der Waals surface area contributed by atoms with Crippen LogP contribution in [-0.2, 0) is 0 Å². The highest BCUT2D eigenvalue weighted by Crippen LogP contribution is 2.27. The van der Waals surface area contributed by atoms with Crippen molar-refractivity contribution in [2.45, 2.75) is 21.3 Å². The zero-order valence-electron chi connectivity index (χ0n) is 9.28. The quantitative estimate of drug-likeness (QED) is 0.267. The Morgan fingerprint density at radius 2 is 1.50 bits per heavy atom. The highest BCUT2D eigenvalue weighted by atomic mass is 32.2. The third-order valence-corrected chi connectivity index (χ3v) is 7.97. The van der Waals surface area contributed by atoms with Crippen molar-refractivity contribution in [3.8, 4) is 0 Å². The van der Waals surface area contributed by atoms with Crippen LogP contribution in [0, 0.1) is 0 Å². The van der Waals surface area contributed by atoms with Crippen LogP contribution in [0.1, 0.15) is 6.92 Å². The second-order valence-corrected chi connectivity index (χ2v) is 10.1. The van der Waals surface area contributed by atoms with Gasteiger partial charge >= 0.3 is 0 Å². The van der Waals surface area contributed by atoms with Crippen molar-refractivity contribution in [2.75, 3.05) is 28.8 Å². The molecule has 0 saturated heterocycles. The zero-order valence-corrected chi connectivity index (χ0v) is 15.3. The van der Waals surface area contributed by atoms with Crippen LogP contribution in [0.2, 0.25) is 0 Å². The topological polar surface area (TPSA) is 0 Å². The molecule has 0 aromatic rings. The number of thiol groups is 4. The average Bonchev–Trinajstić information content (AvgIpc) is 2.24. The summed E-state index contributed by atoms with van der Waals surface area (Å²) in [6, 6.07) is 0. The fourth-order valence-corrected chi connectivity index (χ4v) is 5.20. The largest absolute Gasteiger partial charge is 0.179 e. The molecule has 0 spiro atoms. The lowest BCUT2D eigenvalue weighted by Gasteiger charge is -2.14. The van der Waals surface area contributed by atoms with Crippen molar-refractivity contribution in [3.63, 3.8) is 0 Å². The molecule has 0 aromatic carbocycles. The average molecular weight is 353 g/mol. The van der Waals surface area contributed by atoms with E-state index in [2.05, 4.69) is 57.4 Å². The van der Waals surface area contributed by atoms with Crippen molar-refractivity contribution < 1.29 is 0 Å². The molecule has 0 aromatic heterocycles. The summed E-state index contributed by atoms with van der Waals surface area (Å²) >= 11 is 23.3. The van der Waals surface area contributed by atoms with E-state index in [4.69, 9.17) is 0 Å². The van der Waals surface area contributed by atoms with Crippen molar-refractivity contribution in [1.29, 1.82) is 0 Å². The van der Waals surface area contributed by atoms with Gasteiger partial charge < -0.3 is 0 Å². The Bertz CT molecular complexity index is 153. The van der Waals surface area contributed by atoms with Crippen LogP contribution < -0.4 is 0 Å². The van der Waals surface area contributed by atoms with Gasteiger partial charge in [-0.3, -0.25) is 0 Å². The van der Waals surface area contributed by atoms with Crippen molar-refractivity contribution in [2.24, 2.45) is 0 Å². The third-order valence-electron chi connectivity index (χ3n) is 1.46. The molecule has 7 heteroatoms. The Kier molecular flexibility index (Phi) is 14.4. The summed E-state index contributed by atoms with van der Waals surface area (Å²) < 4.78 is 0.803. The van der Waals surface area contributed by atoms with Gasteiger partial charge in [0.1, 0.15) is 0 Å². The molecule has 0 heterocycles. The van der Waals surface area contributed by atoms with Gasteiger partial charge in [0.2, 0.25) is 0 Å². The number of rotatable bonds is 10. The van der Waals surface area contributed by atoms with Gasteiger partial charge in [0, 0.05) is 28.3 Å². The molecule has 0 aliphatic rings. The third kappa shape index (κ3) is 12.9. The first-order chi connectivity index (χ1) is 7.56. The van der Waals surface area contributed by atoms with Gasteiger partial charge in [0.05, 0.1) is 9.16 Å². The van der Waals surface area contributed by atoms with Gasteiger partial charge in [-0.2, -0.15) is 62.3 Å². The molecule has 0 amide bonds. The fraction of sp³-hybridized carbons (Fsp3) is 1.00. The Hall–Kier alpha value is 2.45. The molecule has 0 bridgehead atoms. The second kappa shape index (κ2) is 12.5. The summed E-state index contributed by atoms with van der Waals surface area (Å²) in [6.07, 6.45) is 0. The van der Waals surface area contributed by atoms with E-state index in [1.54, 1.807) is 0 Å². The van der Waals surface area contributed by atoms with Gasteiger partial charge in [-0.05, 0) is 5.75 Å². The van der Waals surface area contributed by atoms with Crippen LogP contribution >= 0.6 is 85.8 Å². The van der Waals surface area contributed by atoms with Crippen LogP contribution in [0.25, 0.3) is 0 Å². The maximum absolute atomic E-state index is 4.55. The number of thioether (sulfide) groups is 3. The summed E-state index contributed by atoms with van der Waals surface area (Å²) in [6.45, 7) is 2.11. The normalized spacial score (nSPS) is 17.1. The van der Waals surface area contributed by atoms with Crippen LogP contribution in [0.15, 0.2) is 0 Å². The molecule has 3 atom stereocenters. The van der Waals surface area contributed by atoms with Gasteiger partial charge in [-0.1, -0.05) is 6.92 Å². The molecule has 0 aliphatic carbocycles. The first kappa shape index (κ1) is 18.4. The van der Waals surface area contributed by atoms with Gasteiger partial charge in [-0.15, -0.1) is 23.5 Å². The zero-order chi connectivity index (χ0) is 12.4. The predicted octanol–water partition coefficient (Wildman–Crippen LogP) is 3.95. The summed E-state index contributed by atoms with van der Waals surface area (Å²) in [5.41, 5.74) is 0. The molecule has 0 aliphatic heterocycles. The van der Waals surface area contributed by atoms with Crippen molar-refractivity contribution in [3.05, 3.63) is 0 Å². The lowest BCUT2D eigenvalue weighted by molar-refractivity contribution is 1.14. The van der Waals surface area contributed by atoms with Gasteiger partial charge in [-0.25, -0.2) is 0 Å². The number of hydrogen-bond donors (Lipinski definition) is 4. The Morgan fingerprint density at radius 3 is 2.06 bits per heavy atom. The van der Waals surface area contributed by atoms with E-state index >= 15 is 0 Å². The standard InChI is InChI=1S/C9H20S7/c1-7(11)4-15-9(13)6-16-8(12)5-14-3-2-10/h7-13H,2-6H2,1H3. The molecular weight excluding hydrogens is 333 g/mol. The summed E-state index contributed by atoms with van der Waals surface area (Å²) in [5.74, 6) is 5.24. The second-order valence-electron chi connectivity index (χ2n) is 3.22. The molecule has 0 rings (SSSR count). The first-order valence-corrected chi connectivity index (χ1v) is 10.5. The lowest BCUT2D eigenvalue weighted by atomic mass is 10.6. The maximum Gasteiger partial charge on any atom is 0.0563 e. The minimum absolute atomic E-state index is 0.393. The van der Waals surface area contributed by atoms with Crippen molar-refractivity contribution in [1.82, 2.24) is 0 Å². The van der Waals surface area contributed by atoms with E-state index in [1.807, 2.05) is 35.3 Å². The highest BCUT2D eigenvalue weighted by molar-refractivity contribution is 8.15. The van der Waals surface area contributed by atoms with Crippen LogP contribution in [0.4, 0.5) is 0 Å². The first-order valence-electron chi connectivity index (χ1n) is 5.02. The Balaban J connectivity index is 3.39. The molecular formula is C9H20S7. The molecule has 16 heavy (non-hydrogen) atoms. The minimum atomic E-state index is 0.393. The Labute approximate surface area is 135 Å². The monoisotopic (exact) mass is 352 g/mol. The van der Waals surface area contributed by atoms with E-state index in [0.717, 1.165) is 28.8 Å². The SMILES string of the molecule is CC(S)CSC(S)CSC(S)CSCCS. The molecule has 0 N–H and O–H groups in total. The molecule has 98 valence electrons. The predicted molar refractivity (Wildman–Crippen MR) is 100 cm³/mol. The smallest absolute Gasteiger partial charge is 0.0563 e. The molecule has 0 fully saturated rings. The van der Waals surface area contributed by atoms with Gasteiger partial charge in [0.25, 0.3) is 0 Å². The molecule has 0 nitrogen and oxygen atoms in total. The highest BCUT2D eigenvalue weighted by Gasteiger charge is 2.09. The molecule has 0 radical (unpaired) electrons. The van der Waals surface area contributed by atoms with E-state index < -0.39 is 0 Å². The van der Waals surface area contributed by atoms with E-state index in [-0.39, 0.29) is 0 Å². The Morgan fingerprint density at radius 1 is 0.938 bits per heavy atom. The summed E-state index contributed by atoms with van der Waals surface area (Å²) in [7, 11) is 0. The molecule has 0 saturated carbocycles. The minimum Gasteiger partial charge on any atom is -0.179 e. The fourth-order valence-electron chi connectivity index (χ4n) is 0.789. The van der Waals surface area contributed by atoms with Gasteiger partial charge in [0.15, 0.2) is 0 Å². The summed E-state index contributed by atoms with van der Waals surface area (Å²) in [5, 5.41) is 0.447. The van der Waals surface area contributed by atoms with Crippen LogP contribution in [0.5, 0.6) is 0 Å². The van der Waals surface area contributed by atoms with Crippen LogP contribution in [0.3, 0.4) is 0 Å². The van der Waals surface area contributed by atoms with Crippen molar-refractivity contribution >= 4 is 85.8 Å². The van der Waals surface area contributed by atoms with E-state index in [9.17, 15) is 0 Å². The van der Waals surface area contributed by atoms with Crippen LogP contribution in [-0.4, -0.2) is 43.2 Å². The lowest BCUT2D eigenvalue weighted by Crippen LogP contribution is -2.07. The number of hydrogen-bond acceptors (Lipinski definition) is 7. The van der Waals surface area contributed by atoms with E-state index in [0.29, 0.717) is 14.4 Å². The maximum atomic E-state index is 4.55. The molecule has 3 unspecified atom stereocenters. The summed E-state index contributed by atoms with van der Waals surface area (Å²) in [4.78, 5) is 0. The van der Waals surface area contributed by atoms with E-state index in [1.165, 1.54) is 0 Å².